The lowest BCUT2D eigenvalue weighted by Gasteiger charge is -2.14. The maximum absolute atomic E-state index is 12.3. The van der Waals surface area contributed by atoms with Crippen LogP contribution in [0, 0.1) is 6.92 Å². The minimum atomic E-state index is -1.02. The summed E-state index contributed by atoms with van der Waals surface area (Å²) in [4.78, 5) is 23.8. The van der Waals surface area contributed by atoms with Crippen molar-refractivity contribution < 1.29 is 23.8 Å². The first kappa shape index (κ1) is 17.0. The Balaban J connectivity index is 1.56. The molecule has 3 rings (SSSR count). The third-order valence-corrected chi connectivity index (χ3v) is 4.08. The van der Waals surface area contributed by atoms with Gasteiger partial charge in [0.1, 0.15) is 5.75 Å². The van der Waals surface area contributed by atoms with E-state index in [1.165, 1.54) is 5.56 Å². The van der Waals surface area contributed by atoms with Crippen molar-refractivity contribution in [3.8, 4) is 5.75 Å². The van der Waals surface area contributed by atoms with Gasteiger partial charge in [-0.05, 0) is 43.9 Å². The molecule has 5 heteroatoms. The van der Waals surface area contributed by atoms with Crippen molar-refractivity contribution in [3.63, 3.8) is 0 Å². The molecule has 2 aromatic rings. The van der Waals surface area contributed by atoms with E-state index in [4.69, 9.17) is 14.2 Å². The first-order valence-electron chi connectivity index (χ1n) is 8.31. The fraction of sp³-hybridized carbons (Fsp3) is 0.300. The molecule has 130 valence electrons. The van der Waals surface area contributed by atoms with E-state index in [0.717, 1.165) is 18.4 Å². The summed E-state index contributed by atoms with van der Waals surface area (Å²) in [6, 6.07) is 17.1. The van der Waals surface area contributed by atoms with Crippen LogP contribution in [-0.2, 0) is 20.7 Å². The summed E-state index contributed by atoms with van der Waals surface area (Å²) >= 11 is 0. The van der Waals surface area contributed by atoms with Crippen LogP contribution >= 0.6 is 0 Å². The molecule has 1 fully saturated rings. The molecule has 1 saturated heterocycles. The molecule has 0 aliphatic carbocycles. The van der Waals surface area contributed by atoms with Crippen LogP contribution < -0.4 is 4.74 Å². The van der Waals surface area contributed by atoms with Crippen LogP contribution in [0.15, 0.2) is 54.6 Å². The number of aryl methyl sites for hydroxylation is 2. The number of esters is 1. The van der Waals surface area contributed by atoms with E-state index in [-0.39, 0.29) is 0 Å². The Morgan fingerprint density at radius 3 is 2.48 bits per heavy atom. The lowest BCUT2D eigenvalue weighted by molar-refractivity contribution is -0.143. The number of benzene rings is 2. The molecule has 5 nitrogen and oxygen atoms in total. The third kappa shape index (κ3) is 4.59. The average molecular weight is 340 g/mol. The Hall–Kier alpha value is -2.82. The van der Waals surface area contributed by atoms with Crippen molar-refractivity contribution in [1.29, 1.82) is 0 Å². The van der Waals surface area contributed by atoms with Gasteiger partial charge in [-0.2, -0.15) is 0 Å². The number of carbonyl (C=O) groups excluding carboxylic acids is 2. The Kier molecular flexibility index (Phi) is 5.33. The number of hydrogen-bond donors (Lipinski definition) is 0. The minimum absolute atomic E-state index is 0.418. The van der Waals surface area contributed by atoms with E-state index in [2.05, 4.69) is 0 Å². The second kappa shape index (κ2) is 7.83. The van der Waals surface area contributed by atoms with Crippen LogP contribution in [0.5, 0.6) is 5.75 Å². The Morgan fingerprint density at radius 1 is 1.04 bits per heavy atom. The van der Waals surface area contributed by atoms with Gasteiger partial charge in [-0.25, -0.2) is 9.59 Å². The second-order valence-corrected chi connectivity index (χ2v) is 6.06. The average Bonchev–Trinajstić information content (AvgIpc) is 2.99. The molecule has 2 aromatic carbocycles. The number of rotatable bonds is 6. The van der Waals surface area contributed by atoms with E-state index in [0.29, 0.717) is 12.2 Å². The van der Waals surface area contributed by atoms with Crippen LogP contribution in [0.1, 0.15) is 24.0 Å². The van der Waals surface area contributed by atoms with Gasteiger partial charge in [0.2, 0.25) is 6.10 Å². The molecule has 0 aromatic heterocycles. The molecular formula is C20H20O5. The second-order valence-electron chi connectivity index (χ2n) is 6.06. The molecule has 25 heavy (non-hydrogen) atoms. The normalized spacial score (nSPS) is 19.2. The highest BCUT2D eigenvalue weighted by molar-refractivity contribution is 5.82. The molecule has 0 bridgehead atoms. The number of cyclic esters (lactones) is 2. The van der Waals surface area contributed by atoms with Crippen molar-refractivity contribution in [2.24, 2.45) is 0 Å². The molecule has 1 aliphatic rings. The zero-order valence-electron chi connectivity index (χ0n) is 14.0. The third-order valence-electron chi connectivity index (χ3n) is 4.08. The molecule has 0 amide bonds. The number of hydrogen-bond acceptors (Lipinski definition) is 5. The minimum Gasteiger partial charge on any atom is -0.426 e. The van der Waals surface area contributed by atoms with Gasteiger partial charge in [0.25, 0.3) is 0 Å². The molecule has 0 N–H and O–H groups in total. The SMILES string of the molecule is Cc1ccc(OC(=O)[C@@H]2OC(=O)O[C@@H]2CCCc2ccccc2)cc1. The van der Waals surface area contributed by atoms with Gasteiger partial charge in [0, 0.05) is 0 Å². The van der Waals surface area contributed by atoms with E-state index in [1.54, 1.807) is 12.1 Å². The summed E-state index contributed by atoms with van der Waals surface area (Å²) in [7, 11) is 0. The Morgan fingerprint density at radius 2 is 1.76 bits per heavy atom. The highest BCUT2D eigenvalue weighted by Crippen LogP contribution is 2.23. The van der Waals surface area contributed by atoms with Gasteiger partial charge in [-0.1, -0.05) is 48.0 Å². The lowest BCUT2D eigenvalue weighted by Crippen LogP contribution is -2.34. The molecule has 0 spiro atoms. The summed E-state index contributed by atoms with van der Waals surface area (Å²) in [6.45, 7) is 1.95. The highest BCUT2D eigenvalue weighted by atomic mass is 16.8. The van der Waals surface area contributed by atoms with Gasteiger partial charge in [-0.3, -0.25) is 0 Å². The summed E-state index contributed by atoms with van der Waals surface area (Å²) in [6.07, 6.45) is -0.308. The Bertz CT molecular complexity index is 724. The maximum Gasteiger partial charge on any atom is 0.509 e. The van der Waals surface area contributed by atoms with Crippen LogP contribution in [-0.4, -0.2) is 24.3 Å². The van der Waals surface area contributed by atoms with Crippen molar-refractivity contribution >= 4 is 12.1 Å². The van der Waals surface area contributed by atoms with E-state index >= 15 is 0 Å². The van der Waals surface area contributed by atoms with E-state index < -0.39 is 24.3 Å². The van der Waals surface area contributed by atoms with Crippen molar-refractivity contribution in [3.05, 3.63) is 65.7 Å². The van der Waals surface area contributed by atoms with Gasteiger partial charge < -0.3 is 14.2 Å². The summed E-state index contributed by atoms with van der Waals surface area (Å²) in [5, 5.41) is 0. The largest absolute Gasteiger partial charge is 0.509 e. The van der Waals surface area contributed by atoms with Crippen molar-refractivity contribution in [1.82, 2.24) is 0 Å². The zero-order valence-corrected chi connectivity index (χ0v) is 14.0. The van der Waals surface area contributed by atoms with Crippen LogP contribution in [0.2, 0.25) is 0 Å². The standard InChI is InChI=1S/C20H20O5/c1-14-10-12-16(13-11-14)23-19(21)18-17(24-20(22)25-18)9-5-8-15-6-3-2-4-7-15/h2-4,6-7,10-13,17-18H,5,8-9H2,1H3/t17-,18-/m1/s1. The Labute approximate surface area is 146 Å². The number of ether oxygens (including phenoxy) is 3. The quantitative estimate of drug-likeness (QED) is 0.591. The molecule has 0 unspecified atom stereocenters. The lowest BCUT2D eigenvalue weighted by atomic mass is 10.0. The first-order chi connectivity index (χ1) is 12.1. The fourth-order valence-corrected chi connectivity index (χ4v) is 2.74. The van der Waals surface area contributed by atoms with Gasteiger partial charge in [0.15, 0.2) is 6.10 Å². The van der Waals surface area contributed by atoms with Crippen LogP contribution in [0.4, 0.5) is 4.79 Å². The number of carbonyl (C=O) groups is 2. The molecule has 0 radical (unpaired) electrons. The van der Waals surface area contributed by atoms with Crippen LogP contribution in [0.25, 0.3) is 0 Å². The molecule has 0 saturated carbocycles. The smallest absolute Gasteiger partial charge is 0.426 e. The summed E-state index contributed by atoms with van der Waals surface area (Å²) in [5.74, 6) is -0.194. The predicted octanol–water partition coefficient (Wildman–Crippen LogP) is 3.83. The summed E-state index contributed by atoms with van der Waals surface area (Å²) < 4.78 is 15.4. The highest BCUT2D eigenvalue weighted by Gasteiger charge is 2.42. The first-order valence-corrected chi connectivity index (χ1v) is 8.31. The van der Waals surface area contributed by atoms with E-state index in [9.17, 15) is 9.59 Å². The predicted molar refractivity (Wildman–Crippen MR) is 91.3 cm³/mol. The van der Waals surface area contributed by atoms with Gasteiger partial charge in [0.05, 0.1) is 0 Å². The van der Waals surface area contributed by atoms with Crippen molar-refractivity contribution in [2.45, 2.75) is 38.4 Å². The molecule has 1 aliphatic heterocycles. The molecular weight excluding hydrogens is 320 g/mol. The molecule has 1 heterocycles. The van der Waals surface area contributed by atoms with Gasteiger partial charge >= 0.3 is 12.1 Å². The van der Waals surface area contributed by atoms with Gasteiger partial charge in [-0.15, -0.1) is 0 Å². The maximum atomic E-state index is 12.3. The van der Waals surface area contributed by atoms with Crippen LogP contribution in [0.3, 0.4) is 0 Å². The fourth-order valence-electron chi connectivity index (χ4n) is 2.74. The monoisotopic (exact) mass is 340 g/mol. The summed E-state index contributed by atoms with van der Waals surface area (Å²) in [5.41, 5.74) is 2.26. The topological polar surface area (TPSA) is 61.8 Å². The molecule has 2 atom stereocenters. The zero-order chi connectivity index (χ0) is 17.6. The van der Waals surface area contributed by atoms with E-state index in [1.807, 2.05) is 49.4 Å². The van der Waals surface area contributed by atoms with Crippen molar-refractivity contribution in [2.75, 3.05) is 0 Å².